The van der Waals surface area contributed by atoms with E-state index in [1.807, 2.05) is 91.1 Å². The first-order valence-electron chi connectivity index (χ1n) is 24.2. The summed E-state index contributed by atoms with van der Waals surface area (Å²) >= 11 is 0. The van der Waals surface area contributed by atoms with Gasteiger partial charge < -0.3 is 20.3 Å². The number of carbonyl (C=O) groups is 2. The van der Waals surface area contributed by atoms with Gasteiger partial charge in [0.25, 0.3) is 0 Å². The topological polar surface area (TPSA) is 95.9 Å². The first-order valence-corrected chi connectivity index (χ1v) is 24.2. The number of ether oxygens (including phenoxy) is 1. The van der Waals surface area contributed by atoms with Gasteiger partial charge in [0, 0.05) is 12.8 Å². The van der Waals surface area contributed by atoms with Crippen molar-refractivity contribution in [3.8, 4) is 0 Å². The molecule has 0 spiro atoms. The van der Waals surface area contributed by atoms with Crippen molar-refractivity contribution in [2.24, 2.45) is 0 Å². The number of aliphatic hydroxyl groups excluding tert-OH is 2. The van der Waals surface area contributed by atoms with Crippen LogP contribution in [0.4, 0.5) is 0 Å². The largest absolute Gasteiger partial charge is 0.461 e. The number of hydrogen-bond donors (Lipinski definition) is 3. The van der Waals surface area contributed by atoms with Crippen LogP contribution < -0.4 is 5.32 Å². The van der Waals surface area contributed by atoms with Crippen molar-refractivity contribution in [1.29, 1.82) is 0 Å². The molecule has 3 unspecified atom stereocenters. The third kappa shape index (κ3) is 41.3. The van der Waals surface area contributed by atoms with Crippen LogP contribution in [0.2, 0.25) is 0 Å². The molecule has 0 saturated heterocycles. The first-order chi connectivity index (χ1) is 29.5. The number of amides is 1. The van der Waals surface area contributed by atoms with Gasteiger partial charge in [-0.15, -0.1) is 0 Å². The highest BCUT2D eigenvalue weighted by Crippen LogP contribution is 2.16. The number of hydrogen-bond acceptors (Lipinski definition) is 5. The van der Waals surface area contributed by atoms with E-state index in [-0.39, 0.29) is 24.9 Å². The van der Waals surface area contributed by atoms with Crippen LogP contribution in [0.5, 0.6) is 0 Å². The summed E-state index contributed by atoms with van der Waals surface area (Å²) in [6.45, 7) is 6.13. The molecule has 6 nitrogen and oxygen atoms in total. The van der Waals surface area contributed by atoms with Gasteiger partial charge in [-0.1, -0.05) is 246 Å². The number of allylic oxidation sites excluding steroid dienone is 17. The number of rotatable bonds is 41. The Bertz CT molecular complexity index is 1250. The standard InChI is InChI=1S/C54H89NO5/c1-4-7-10-13-16-19-22-24-25-26-27-29-31-34-37-40-43-46-52(57)51(49-56)55-53(58)48-50(45-42-39-36-33-30-21-18-15-12-9-6-3)60-54(59)47-44-41-38-35-32-28-23-20-17-14-11-8-5-2/h8-9,11-12,14-15,17-18,20-21,23,28,30,32-33,36,39,42,50-52,56-57H,4-7,10,13,16,19,22,24-27,29,31,34-35,37-38,40-41,43-49H2,1-3H3,(H,55,58)/b11-8+,12-9+,17-14+,18-15+,23-20-,30-21-,32-28-,36-33-,42-39+. The third-order valence-corrected chi connectivity index (χ3v) is 10.3. The molecule has 60 heavy (non-hydrogen) atoms. The predicted molar refractivity (Wildman–Crippen MR) is 259 cm³/mol. The third-order valence-electron chi connectivity index (χ3n) is 10.3. The smallest absolute Gasteiger partial charge is 0.306 e. The maximum Gasteiger partial charge on any atom is 0.306 e. The maximum atomic E-state index is 13.1. The molecule has 0 aromatic rings. The first kappa shape index (κ1) is 56.5. The second kappa shape index (κ2) is 46.6. The fourth-order valence-corrected chi connectivity index (χ4v) is 6.70. The van der Waals surface area contributed by atoms with E-state index in [2.05, 4.69) is 44.3 Å². The van der Waals surface area contributed by atoms with Crippen molar-refractivity contribution in [1.82, 2.24) is 5.32 Å². The normalized spacial score (nSPS) is 14.3. The molecule has 0 radical (unpaired) electrons. The molecule has 0 aromatic heterocycles. The average Bonchev–Trinajstić information content (AvgIpc) is 3.24. The predicted octanol–water partition coefficient (Wildman–Crippen LogP) is 14.3. The van der Waals surface area contributed by atoms with Gasteiger partial charge in [0.2, 0.25) is 5.91 Å². The van der Waals surface area contributed by atoms with Gasteiger partial charge in [-0.2, -0.15) is 0 Å². The Hall–Kier alpha value is -3.48. The molecule has 0 fully saturated rings. The lowest BCUT2D eigenvalue weighted by molar-refractivity contribution is -0.150. The van der Waals surface area contributed by atoms with Gasteiger partial charge in [0.05, 0.1) is 25.2 Å². The monoisotopic (exact) mass is 832 g/mol. The molecule has 0 aliphatic heterocycles. The van der Waals surface area contributed by atoms with Crippen molar-refractivity contribution in [2.45, 2.75) is 212 Å². The van der Waals surface area contributed by atoms with Crippen LogP contribution in [0.1, 0.15) is 194 Å². The SMILES string of the molecule is CC/C=C/C=C/C=C\C=C/C=C/CC(CC(=O)NC(CO)C(O)CCCCCCCCCCCCCCCCCCC)OC(=O)CCCCC\C=C/C=C\C=C\C=C\CC. The van der Waals surface area contributed by atoms with Gasteiger partial charge in [0.15, 0.2) is 0 Å². The molecule has 0 aromatic carbocycles. The lowest BCUT2D eigenvalue weighted by Crippen LogP contribution is -2.46. The minimum absolute atomic E-state index is 0.0412. The van der Waals surface area contributed by atoms with Crippen LogP contribution >= 0.6 is 0 Å². The highest BCUT2D eigenvalue weighted by molar-refractivity contribution is 5.77. The van der Waals surface area contributed by atoms with Crippen molar-refractivity contribution in [3.63, 3.8) is 0 Å². The summed E-state index contributed by atoms with van der Waals surface area (Å²) in [5.74, 6) is -0.665. The van der Waals surface area contributed by atoms with Crippen LogP contribution in [-0.4, -0.2) is 46.9 Å². The number of nitrogens with one attached hydrogen (secondary N) is 1. The molecule has 3 atom stereocenters. The molecule has 6 heteroatoms. The zero-order chi connectivity index (χ0) is 43.8. The van der Waals surface area contributed by atoms with E-state index in [4.69, 9.17) is 4.74 Å². The molecule has 0 saturated carbocycles. The lowest BCUT2D eigenvalue weighted by Gasteiger charge is -2.24. The number of unbranched alkanes of at least 4 members (excludes halogenated alkanes) is 19. The molecular formula is C54H89NO5. The minimum atomic E-state index is -0.831. The summed E-state index contributed by atoms with van der Waals surface area (Å²) in [6.07, 6.45) is 63.2. The van der Waals surface area contributed by atoms with Gasteiger partial charge in [-0.25, -0.2) is 0 Å². The van der Waals surface area contributed by atoms with E-state index in [0.29, 0.717) is 19.3 Å². The van der Waals surface area contributed by atoms with Crippen LogP contribution in [0, 0.1) is 0 Å². The van der Waals surface area contributed by atoms with Crippen LogP contribution in [0.25, 0.3) is 0 Å². The zero-order valence-electron chi connectivity index (χ0n) is 38.5. The van der Waals surface area contributed by atoms with E-state index >= 15 is 0 Å². The van der Waals surface area contributed by atoms with Gasteiger partial charge in [-0.05, 0) is 38.5 Å². The molecular weight excluding hydrogens is 743 g/mol. The second-order valence-electron chi connectivity index (χ2n) is 16.0. The Balaban J connectivity index is 4.68. The quantitative estimate of drug-likeness (QED) is 0.0324. The zero-order valence-corrected chi connectivity index (χ0v) is 38.5. The fourth-order valence-electron chi connectivity index (χ4n) is 6.70. The Morgan fingerprint density at radius 1 is 0.517 bits per heavy atom. The van der Waals surface area contributed by atoms with Gasteiger partial charge >= 0.3 is 5.97 Å². The van der Waals surface area contributed by atoms with Crippen LogP contribution in [-0.2, 0) is 14.3 Å². The van der Waals surface area contributed by atoms with E-state index in [9.17, 15) is 19.8 Å². The van der Waals surface area contributed by atoms with Gasteiger partial charge in [0.1, 0.15) is 6.10 Å². The highest BCUT2D eigenvalue weighted by atomic mass is 16.5. The Kier molecular flexibility index (Phi) is 43.9. The van der Waals surface area contributed by atoms with E-state index in [0.717, 1.165) is 57.8 Å². The van der Waals surface area contributed by atoms with Crippen LogP contribution in [0.15, 0.2) is 109 Å². The molecule has 0 heterocycles. The summed E-state index contributed by atoms with van der Waals surface area (Å²) in [5, 5.41) is 23.7. The average molecular weight is 832 g/mol. The fraction of sp³-hybridized carbons (Fsp3) is 0.630. The minimum Gasteiger partial charge on any atom is -0.461 e. The van der Waals surface area contributed by atoms with Gasteiger partial charge in [-0.3, -0.25) is 9.59 Å². The maximum absolute atomic E-state index is 13.1. The summed E-state index contributed by atoms with van der Waals surface area (Å²) in [6, 6.07) is -0.754. The number of carbonyl (C=O) groups excluding carboxylic acids is 2. The Morgan fingerprint density at radius 2 is 0.933 bits per heavy atom. The van der Waals surface area contributed by atoms with E-state index < -0.39 is 18.2 Å². The highest BCUT2D eigenvalue weighted by Gasteiger charge is 2.23. The summed E-state index contributed by atoms with van der Waals surface area (Å²) in [4.78, 5) is 26.0. The summed E-state index contributed by atoms with van der Waals surface area (Å²) in [5.41, 5.74) is 0. The molecule has 3 N–H and O–H groups in total. The number of aliphatic hydroxyl groups is 2. The number of esters is 1. The van der Waals surface area contributed by atoms with Crippen molar-refractivity contribution in [3.05, 3.63) is 109 Å². The molecule has 0 rings (SSSR count). The molecule has 1 amide bonds. The summed E-state index contributed by atoms with van der Waals surface area (Å²) in [7, 11) is 0. The Morgan fingerprint density at radius 3 is 1.40 bits per heavy atom. The summed E-state index contributed by atoms with van der Waals surface area (Å²) < 4.78 is 5.80. The lowest BCUT2D eigenvalue weighted by atomic mass is 10.0. The van der Waals surface area contributed by atoms with Crippen molar-refractivity contribution in [2.75, 3.05) is 6.61 Å². The van der Waals surface area contributed by atoms with Crippen molar-refractivity contribution >= 4 is 11.9 Å². The molecule has 340 valence electrons. The van der Waals surface area contributed by atoms with Crippen LogP contribution in [0.3, 0.4) is 0 Å². The van der Waals surface area contributed by atoms with E-state index in [1.54, 1.807) is 0 Å². The Labute approximate surface area is 368 Å². The molecule has 0 aliphatic carbocycles. The van der Waals surface area contributed by atoms with E-state index in [1.165, 1.54) is 89.9 Å². The molecule has 0 aliphatic rings. The molecule has 0 bridgehead atoms. The second-order valence-corrected chi connectivity index (χ2v) is 16.0. The van der Waals surface area contributed by atoms with Crippen molar-refractivity contribution < 1.29 is 24.5 Å².